The Bertz CT molecular complexity index is 632. The highest BCUT2D eigenvalue weighted by molar-refractivity contribution is 7.99. The molecule has 0 radical (unpaired) electrons. The van der Waals surface area contributed by atoms with E-state index in [1.54, 1.807) is 0 Å². The number of hydrogen-bond acceptors (Lipinski definition) is 5. The van der Waals surface area contributed by atoms with Gasteiger partial charge in [0.15, 0.2) is 0 Å². The first-order chi connectivity index (χ1) is 12.2. The van der Waals surface area contributed by atoms with Crippen molar-refractivity contribution in [2.24, 2.45) is 0 Å². The van der Waals surface area contributed by atoms with Crippen molar-refractivity contribution in [2.75, 3.05) is 31.3 Å². The van der Waals surface area contributed by atoms with Crippen molar-refractivity contribution in [3.8, 4) is 6.07 Å². The van der Waals surface area contributed by atoms with Crippen LogP contribution in [0.4, 0.5) is 0 Å². The van der Waals surface area contributed by atoms with Gasteiger partial charge in [-0.3, -0.25) is 9.69 Å². The molecule has 0 saturated carbocycles. The average Bonchev–Trinajstić information content (AvgIpc) is 3.33. The van der Waals surface area contributed by atoms with Gasteiger partial charge in [-0.1, -0.05) is 19.1 Å². The molecule has 1 aromatic carbocycles. The van der Waals surface area contributed by atoms with Crippen LogP contribution < -0.4 is 5.32 Å². The second-order valence-corrected chi connectivity index (χ2v) is 7.84. The first kappa shape index (κ1) is 24.1. The predicted octanol–water partition coefficient (Wildman–Crippen LogP) is 2.88. The van der Waals surface area contributed by atoms with E-state index < -0.39 is 0 Å². The zero-order valence-corrected chi connectivity index (χ0v) is 18.0. The van der Waals surface area contributed by atoms with E-state index in [4.69, 9.17) is 5.26 Å². The SMILES string of the molecule is CCCN(Cc1ccc(C#N)cc1)[C@@H]1CN[C@H](C(=O)N2CCSC2)C1.Cl.Cl. The zero-order valence-electron chi connectivity index (χ0n) is 15.6. The van der Waals surface area contributed by atoms with Gasteiger partial charge in [-0.2, -0.15) is 5.26 Å². The molecule has 0 bridgehead atoms. The van der Waals surface area contributed by atoms with Crippen molar-refractivity contribution < 1.29 is 4.79 Å². The third-order valence-electron chi connectivity index (χ3n) is 4.97. The largest absolute Gasteiger partial charge is 0.331 e. The lowest BCUT2D eigenvalue weighted by Gasteiger charge is -2.28. The second kappa shape index (κ2) is 11.8. The molecule has 0 spiro atoms. The van der Waals surface area contributed by atoms with E-state index in [1.165, 1.54) is 5.56 Å². The number of carbonyl (C=O) groups excluding carboxylic acids is 1. The van der Waals surface area contributed by atoms with Crippen molar-refractivity contribution in [1.82, 2.24) is 15.1 Å². The topological polar surface area (TPSA) is 59.4 Å². The van der Waals surface area contributed by atoms with E-state index in [9.17, 15) is 4.79 Å². The highest BCUT2D eigenvalue weighted by Gasteiger charge is 2.35. The van der Waals surface area contributed by atoms with Crippen LogP contribution in [-0.4, -0.2) is 59.1 Å². The molecule has 2 aliphatic rings. The highest BCUT2D eigenvalue weighted by atomic mass is 35.5. The Morgan fingerprint density at radius 3 is 2.70 bits per heavy atom. The number of amides is 1. The van der Waals surface area contributed by atoms with Crippen LogP contribution in [0.1, 0.15) is 30.9 Å². The molecular weight excluding hydrogens is 403 g/mol. The number of benzene rings is 1. The number of nitriles is 1. The molecule has 8 heteroatoms. The van der Waals surface area contributed by atoms with Gasteiger partial charge in [-0.05, 0) is 37.1 Å². The van der Waals surface area contributed by atoms with Crippen LogP contribution in [0, 0.1) is 11.3 Å². The summed E-state index contributed by atoms with van der Waals surface area (Å²) in [6.07, 6.45) is 1.98. The van der Waals surface area contributed by atoms with Gasteiger partial charge in [0.1, 0.15) is 0 Å². The van der Waals surface area contributed by atoms with Gasteiger partial charge in [0, 0.05) is 31.4 Å². The van der Waals surface area contributed by atoms with E-state index in [0.29, 0.717) is 11.6 Å². The van der Waals surface area contributed by atoms with Crippen LogP contribution in [0.2, 0.25) is 0 Å². The van der Waals surface area contributed by atoms with Gasteiger partial charge in [0.2, 0.25) is 5.91 Å². The molecule has 2 fully saturated rings. The lowest BCUT2D eigenvalue weighted by Crippen LogP contribution is -2.42. The molecule has 150 valence electrons. The minimum absolute atomic E-state index is 0. The number of carbonyl (C=O) groups is 1. The number of rotatable bonds is 6. The van der Waals surface area contributed by atoms with E-state index >= 15 is 0 Å². The minimum Gasteiger partial charge on any atom is -0.331 e. The van der Waals surface area contributed by atoms with Crippen molar-refractivity contribution in [3.63, 3.8) is 0 Å². The van der Waals surface area contributed by atoms with Gasteiger partial charge < -0.3 is 10.2 Å². The molecule has 5 nitrogen and oxygen atoms in total. The Hall–Kier alpha value is -0.970. The smallest absolute Gasteiger partial charge is 0.240 e. The summed E-state index contributed by atoms with van der Waals surface area (Å²) in [7, 11) is 0. The van der Waals surface area contributed by atoms with Crippen molar-refractivity contribution in [2.45, 2.75) is 38.4 Å². The molecule has 0 aromatic heterocycles. The molecule has 0 aliphatic carbocycles. The molecule has 2 aliphatic heterocycles. The normalized spacial score (nSPS) is 21.4. The lowest BCUT2D eigenvalue weighted by molar-refractivity contribution is -0.131. The van der Waals surface area contributed by atoms with Gasteiger partial charge in [0.05, 0.1) is 23.6 Å². The molecule has 1 N–H and O–H groups in total. The fraction of sp³-hybridized carbons (Fsp3) is 0.579. The second-order valence-electron chi connectivity index (χ2n) is 6.77. The molecule has 0 unspecified atom stereocenters. The van der Waals surface area contributed by atoms with E-state index in [1.807, 2.05) is 40.9 Å². The number of thioether (sulfide) groups is 1. The first-order valence-electron chi connectivity index (χ1n) is 9.04. The Morgan fingerprint density at radius 2 is 2.11 bits per heavy atom. The van der Waals surface area contributed by atoms with Crippen molar-refractivity contribution in [3.05, 3.63) is 35.4 Å². The minimum atomic E-state index is -0.0379. The molecule has 1 amide bonds. The Balaban J connectivity index is 0.00000182. The molecule has 2 atom stereocenters. The van der Waals surface area contributed by atoms with E-state index in [2.05, 4.69) is 23.2 Å². The fourth-order valence-corrected chi connectivity index (χ4v) is 4.54. The summed E-state index contributed by atoms with van der Waals surface area (Å²) >= 11 is 1.83. The predicted molar refractivity (Wildman–Crippen MR) is 116 cm³/mol. The monoisotopic (exact) mass is 430 g/mol. The molecule has 2 heterocycles. The van der Waals surface area contributed by atoms with Crippen LogP contribution in [0.3, 0.4) is 0 Å². The van der Waals surface area contributed by atoms with Crippen LogP contribution in [0.25, 0.3) is 0 Å². The number of nitrogens with one attached hydrogen (secondary N) is 1. The summed E-state index contributed by atoms with van der Waals surface area (Å²) in [6.45, 7) is 5.83. The van der Waals surface area contributed by atoms with Gasteiger partial charge >= 0.3 is 0 Å². The summed E-state index contributed by atoms with van der Waals surface area (Å²) in [5, 5.41) is 12.4. The van der Waals surface area contributed by atoms with Crippen LogP contribution in [-0.2, 0) is 11.3 Å². The quantitative estimate of drug-likeness (QED) is 0.751. The summed E-state index contributed by atoms with van der Waals surface area (Å²) in [5.41, 5.74) is 1.92. The van der Waals surface area contributed by atoms with Crippen LogP contribution >= 0.6 is 36.6 Å². The van der Waals surface area contributed by atoms with Gasteiger partial charge in [-0.25, -0.2) is 0 Å². The Labute approximate surface area is 178 Å². The molecule has 2 saturated heterocycles. The van der Waals surface area contributed by atoms with E-state index in [-0.39, 0.29) is 36.8 Å². The standard InChI is InChI=1S/C19H26N4OS.2ClH/c1-2-7-22(13-16-5-3-15(11-20)4-6-16)17-10-18(21-12-17)19(24)23-8-9-25-14-23;;/h3-6,17-18,21H,2,7-10,12-14H2,1H3;2*1H/t17-,18-;;/m0../s1. The maximum absolute atomic E-state index is 12.6. The third-order valence-corrected chi connectivity index (χ3v) is 5.93. The van der Waals surface area contributed by atoms with Crippen LogP contribution in [0.5, 0.6) is 0 Å². The van der Waals surface area contributed by atoms with E-state index in [0.717, 1.165) is 50.7 Å². The van der Waals surface area contributed by atoms with Crippen molar-refractivity contribution >= 4 is 42.5 Å². The van der Waals surface area contributed by atoms with Gasteiger partial charge in [0.25, 0.3) is 0 Å². The maximum Gasteiger partial charge on any atom is 0.240 e. The number of halogens is 2. The van der Waals surface area contributed by atoms with Crippen LogP contribution in [0.15, 0.2) is 24.3 Å². The summed E-state index contributed by atoms with van der Waals surface area (Å²) < 4.78 is 0. The first-order valence-corrected chi connectivity index (χ1v) is 10.2. The van der Waals surface area contributed by atoms with Gasteiger partial charge in [-0.15, -0.1) is 36.6 Å². The highest BCUT2D eigenvalue weighted by Crippen LogP contribution is 2.21. The fourth-order valence-electron chi connectivity index (χ4n) is 3.59. The lowest BCUT2D eigenvalue weighted by atomic mass is 10.1. The third kappa shape index (κ3) is 6.27. The molecule has 27 heavy (non-hydrogen) atoms. The van der Waals surface area contributed by atoms with Crippen molar-refractivity contribution in [1.29, 1.82) is 5.26 Å². The summed E-state index contributed by atoms with van der Waals surface area (Å²) in [4.78, 5) is 17.1. The Kier molecular flexibility index (Phi) is 10.5. The number of hydrogen-bond donors (Lipinski definition) is 1. The summed E-state index contributed by atoms with van der Waals surface area (Å²) in [5.74, 6) is 2.16. The summed E-state index contributed by atoms with van der Waals surface area (Å²) in [6, 6.07) is 10.3. The zero-order chi connectivity index (χ0) is 17.6. The Morgan fingerprint density at radius 1 is 1.37 bits per heavy atom. The molecule has 3 rings (SSSR count). The molecule has 1 aromatic rings. The number of nitrogens with zero attached hydrogens (tertiary/aromatic N) is 3. The average molecular weight is 431 g/mol. The molecular formula is C19H28Cl2N4OS. The maximum atomic E-state index is 12.6.